The van der Waals surface area contributed by atoms with E-state index in [0.29, 0.717) is 5.69 Å². The molecule has 0 bridgehead atoms. The lowest BCUT2D eigenvalue weighted by Crippen LogP contribution is -2.33. The average molecular weight is 387 g/mol. The average Bonchev–Trinajstić information content (AvgIpc) is 2.56. The van der Waals surface area contributed by atoms with Crippen LogP contribution in [0.2, 0.25) is 0 Å². The number of nitrogens with one attached hydrogen (secondary N) is 1. The highest BCUT2D eigenvalue weighted by Crippen LogP contribution is 2.20. The van der Waals surface area contributed by atoms with E-state index < -0.39 is 0 Å². The Hall–Kier alpha value is -2.40. The van der Waals surface area contributed by atoms with E-state index in [2.05, 4.69) is 21.2 Å². The summed E-state index contributed by atoms with van der Waals surface area (Å²) < 4.78 is 0.798. The van der Waals surface area contributed by atoms with Gasteiger partial charge in [-0.25, -0.2) is 0 Å². The Bertz CT molecular complexity index is 754. The lowest BCUT2D eigenvalue weighted by Gasteiger charge is -2.15. The molecule has 0 heterocycles. The molecule has 5 heteroatoms. The van der Waals surface area contributed by atoms with Crippen molar-refractivity contribution in [3.63, 3.8) is 0 Å². The second kappa shape index (κ2) is 8.45. The fourth-order valence-corrected chi connectivity index (χ4v) is 2.40. The number of halogens is 1. The maximum atomic E-state index is 12.1. The molecule has 2 aromatic rings. The van der Waals surface area contributed by atoms with Crippen LogP contribution in [0.5, 0.6) is 0 Å². The Morgan fingerprint density at radius 2 is 1.79 bits per heavy atom. The molecule has 0 atom stereocenters. The first-order valence-electron chi connectivity index (χ1n) is 7.50. The molecule has 0 aromatic heterocycles. The molecule has 24 heavy (non-hydrogen) atoms. The fraction of sp³-hybridized carbons (Fsp3) is 0.158. The number of hydrogen-bond acceptors (Lipinski definition) is 2. The number of rotatable bonds is 5. The minimum absolute atomic E-state index is 0.0155. The second-order valence-corrected chi connectivity index (χ2v) is 6.32. The zero-order valence-corrected chi connectivity index (χ0v) is 15.2. The standard InChI is InChI=1S/C19H19BrN2O2/c1-14-7-9-15(10-8-14)11-12-19(24)22(2)13-18(23)21-17-6-4-3-5-16(17)20/h3-12H,13H2,1-2H3,(H,21,23)/b12-11+. The van der Waals surface area contributed by atoms with Gasteiger partial charge in [0.25, 0.3) is 0 Å². The number of anilines is 1. The van der Waals surface area contributed by atoms with Gasteiger partial charge < -0.3 is 10.2 Å². The van der Waals surface area contributed by atoms with Crippen LogP contribution in [0.25, 0.3) is 6.08 Å². The third kappa shape index (κ3) is 5.35. The van der Waals surface area contributed by atoms with Crippen LogP contribution in [-0.2, 0) is 9.59 Å². The first-order chi connectivity index (χ1) is 11.5. The van der Waals surface area contributed by atoms with Gasteiger partial charge in [0.2, 0.25) is 11.8 Å². The summed E-state index contributed by atoms with van der Waals surface area (Å²) in [5, 5.41) is 2.77. The quantitative estimate of drug-likeness (QED) is 0.792. The minimum atomic E-state index is -0.249. The number of hydrogen-bond donors (Lipinski definition) is 1. The van der Waals surface area contributed by atoms with Gasteiger partial charge in [0.15, 0.2) is 0 Å². The Morgan fingerprint density at radius 1 is 1.12 bits per heavy atom. The van der Waals surface area contributed by atoms with E-state index in [1.165, 1.54) is 16.5 Å². The van der Waals surface area contributed by atoms with E-state index in [1.54, 1.807) is 19.2 Å². The van der Waals surface area contributed by atoms with Crippen molar-refractivity contribution in [1.29, 1.82) is 0 Å². The molecule has 4 nitrogen and oxygen atoms in total. The molecule has 0 aliphatic carbocycles. The van der Waals surface area contributed by atoms with Gasteiger partial charge in [-0.05, 0) is 46.6 Å². The van der Waals surface area contributed by atoms with Crippen LogP contribution in [0.3, 0.4) is 0 Å². The van der Waals surface area contributed by atoms with Crippen LogP contribution in [0.1, 0.15) is 11.1 Å². The van der Waals surface area contributed by atoms with Gasteiger partial charge in [-0.2, -0.15) is 0 Å². The molecule has 0 saturated carbocycles. The van der Waals surface area contributed by atoms with Gasteiger partial charge in [0.1, 0.15) is 0 Å². The van der Waals surface area contributed by atoms with Crippen LogP contribution < -0.4 is 5.32 Å². The minimum Gasteiger partial charge on any atom is -0.333 e. The summed E-state index contributed by atoms with van der Waals surface area (Å²) in [5.41, 5.74) is 2.79. The zero-order chi connectivity index (χ0) is 17.5. The van der Waals surface area contributed by atoms with Crippen LogP contribution >= 0.6 is 15.9 Å². The number of para-hydroxylation sites is 1. The summed E-state index contributed by atoms with van der Waals surface area (Å²) in [6, 6.07) is 15.2. The molecule has 0 aliphatic rings. The van der Waals surface area contributed by atoms with E-state index in [-0.39, 0.29) is 18.4 Å². The molecular formula is C19H19BrN2O2. The number of nitrogens with zero attached hydrogens (tertiary/aromatic N) is 1. The van der Waals surface area contributed by atoms with Crippen LogP contribution in [-0.4, -0.2) is 30.3 Å². The summed E-state index contributed by atoms with van der Waals surface area (Å²) in [5.74, 6) is -0.473. The van der Waals surface area contributed by atoms with Crippen molar-refractivity contribution in [2.75, 3.05) is 18.9 Å². The monoisotopic (exact) mass is 386 g/mol. The second-order valence-electron chi connectivity index (χ2n) is 5.47. The first-order valence-corrected chi connectivity index (χ1v) is 8.29. The summed E-state index contributed by atoms with van der Waals surface area (Å²) in [7, 11) is 1.60. The van der Waals surface area contributed by atoms with Gasteiger partial charge in [-0.1, -0.05) is 42.0 Å². The molecule has 2 amide bonds. The van der Waals surface area contributed by atoms with Crippen molar-refractivity contribution in [1.82, 2.24) is 4.90 Å². The normalized spacial score (nSPS) is 10.6. The third-order valence-electron chi connectivity index (χ3n) is 3.40. The topological polar surface area (TPSA) is 49.4 Å². The largest absolute Gasteiger partial charge is 0.333 e. The molecule has 0 spiro atoms. The molecule has 124 valence electrons. The highest BCUT2D eigenvalue weighted by atomic mass is 79.9. The van der Waals surface area contributed by atoms with Crippen LogP contribution in [0.4, 0.5) is 5.69 Å². The molecule has 0 saturated heterocycles. The van der Waals surface area contributed by atoms with Gasteiger partial charge in [-0.15, -0.1) is 0 Å². The van der Waals surface area contributed by atoms with Crippen molar-refractivity contribution in [3.8, 4) is 0 Å². The molecule has 0 unspecified atom stereocenters. The fourth-order valence-electron chi connectivity index (χ4n) is 2.02. The molecule has 0 fully saturated rings. The summed E-state index contributed by atoms with van der Waals surface area (Å²) in [6.45, 7) is 1.99. The predicted octanol–water partition coefficient (Wildman–Crippen LogP) is 3.87. The number of benzene rings is 2. The molecule has 0 aliphatic heterocycles. The SMILES string of the molecule is Cc1ccc(/C=C/C(=O)N(C)CC(=O)Nc2ccccc2Br)cc1. The Labute approximate surface area is 150 Å². The molecule has 1 N–H and O–H groups in total. The summed E-state index contributed by atoms with van der Waals surface area (Å²) in [4.78, 5) is 25.5. The van der Waals surface area contributed by atoms with Gasteiger partial charge in [-0.3, -0.25) is 9.59 Å². The highest BCUT2D eigenvalue weighted by Gasteiger charge is 2.11. The Kier molecular flexibility index (Phi) is 6.32. The maximum Gasteiger partial charge on any atom is 0.246 e. The zero-order valence-electron chi connectivity index (χ0n) is 13.6. The molecule has 2 aromatic carbocycles. The first kappa shape index (κ1) is 17.9. The van der Waals surface area contributed by atoms with E-state index in [1.807, 2.05) is 49.4 Å². The number of carbonyl (C=O) groups is 2. The van der Waals surface area contributed by atoms with Crippen molar-refractivity contribution in [2.45, 2.75) is 6.92 Å². The summed E-state index contributed by atoms with van der Waals surface area (Å²) >= 11 is 3.37. The van der Waals surface area contributed by atoms with Gasteiger partial charge >= 0.3 is 0 Å². The maximum absolute atomic E-state index is 12.1. The highest BCUT2D eigenvalue weighted by molar-refractivity contribution is 9.10. The number of aryl methyl sites for hydroxylation is 1. The smallest absolute Gasteiger partial charge is 0.246 e. The van der Waals surface area contributed by atoms with E-state index in [4.69, 9.17) is 0 Å². The van der Waals surface area contributed by atoms with Gasteiger partial charge in [0, 0.05) is 17.6 Å². The number of amides is 2. The van der Waals surface area contributed by atoms with Gasteiger partial charge in [0.05, 0.1) is 12.2 Å². The lowest BCUT2D eigenvalue weighted by molar-refractivity contribution is -0.129. The van der Waals surface area contributed by atoms with Crippen molar-refractivity contribution >= 4 is 39.5 Å². The van der Waals surface area contributed by atoms with E-state index in [0.717, 1.165) is 10.0 Å². The number of carbonyl (C=O) groups excluding carboxylic acids is 2. The molecular weight excluding hydrogens is 368 g/mol. The Morgan fingerprint density at radius 3 is 2.46 bits per heavy atom. The predicted molar refractivity (Wildman–Crippen MR) is 101 cm³/mol. The Balaban J connectivity index is 1.90. The van der Waals surface area contributed by atoms with E-state index >= 15 is 0 Å². The van der Waals surface area contributed by atoms with Crippen LogP contribution in [0, 0.1) is 6.92 Å². The van der Waals surface area contributed by atoms with Crippen molar-refractivity contribution in [2.24, 2.45) is 0 Å². The summed E-state index contributed by atoms with van der Waals surface area (Å²) in [6.07, 6.45) is 3.21. The van der Waals surface area contributed by atoms with Crippen molar-refractivity contribution < 1.29 is 9.59 Å². The molecule has 0 radical (unpaired) electrons. The van der Waals surface area contributed by atoms with Crippen molar-refractivity contribution in [3.05, 3.63) is 70.2 Å². The third-order valence-corrected chi connectivity index (χ3v) is 4.09. The van der Waals surface area contributed by atoms with Crippen LogP contribution in [0.15, 0.2) is 59.1 Å². The van der Waals surface area contributed by atoms with E-state index in [9.17, 15) is 9.59 Å². The molecule has 2 rings (SSSR count). The lowest BCUT2D eigenvalue weighted by atomic mass is 10.1. The number of likely N-dealkylation sites (N-methyl/N-ethyl adjacent to an activating group) is 1.